The van der Waals surface area contributed by atoms with Crippen LogP contribution < -0.4 is 10.2 Å². The topological polar surface area (TPSA) is 48.5 Å². The molecule has 5 heteroatoms. The highest BCUT2D eigenvalue weighted by Crippen LogP contribution is 2.14. The monoisotopic (exact) mass is 276 g/mol. The van der Waals surface area contributed by atoms with Gasteiger partial charge in [-0.3, -0.25) is 9.69 Å². The van der Waals surface area contributed by atoms with Crippen LogP contribution in [0.3, 0.4) is 0 Å². The molecule has 110 valence electrons. The molecule has 0 atom stereocenters. The van der Waals surface area contributed by atoms with Gasteiger partial charge in [-0.05, 0) is 32.0 Å². The lowest BCUT2D eigenvalue weighted by molar-refractivity contribution is -0.122. The van der Waals surface area contributed by atoms with Gasteiger partial charge < -0.3 is 10.2 Å². The Labute approximate surface area is 121 Å². The molecule has 1 amide bonds. The summed E-state index contributed by atoms with van der Waals surface area (Å²) in [5.74, 6) is 1.01. The Morgan fingerprint density at radius 1 is 1.35 bits per heavy atom. The highest BCUT2D eigenvalue weighted by molar-refractivity contribution is 5.78. The first-order chi connectivity index (χ1) is 9.66. The highest BCUT2D eigenvalue weighted by Gasteiger charge is 2.14. The van der Waals surface area contributed by atoms with E-state index < -0.39 is 0 Å². The quantitative estimate of drug-likeness (QED) is 0.879. The summed E-state index contributed by atoms with van der Waals surface area (Å²) in [6.07, 6.45) is 5.48. The van der Waals surface area contributed by atoms with Crippen molar-refractivity contribution in [3.8, 4) is 0 Å². The molecule has 0 unspecified atom stereocenters. The molecule has 1 N–H and O–H groups in total. The van der Waals surface area contributed by atoms with Crippen molar-refractivity contribution in [3.63, 3.8) is 0 Å². The predicted octanol–water partition coefficient (Wildman–Crippen LogP) is 1.25. The second kappa shape index (κ2) is 7.24. The molecule has 0 radical (unpaired) electrons. The molecule has 2 heterocycles. The lowest BCUT2D eigenvalue weighted by Gasteiger charge is -2.25. The maximum Gasteiger partial charge on any atom is 0.234 e. The van der Waals surface area contributed by atoms with Gasteiger partial charge in [-0.25, -0.2) is 4.98 Å². The van der Waals surface area contributed by atoms with Crippen molar-refractivity contribution in [1.82, 2.24) is 15.2 Å². The molecular weight excluding hydrogens is 252 g/mol. The van der Waals surface area contributed by atoms with Crippen molar-refractivity contribution >= 4 is 11.7 Å². The second-order valence-electron chi connectivity index (χ2n) is 5.49. The summed E-state index contributed by atoms with van der Waals surface area (Å²) >= 11 is 0. The third-order valence-corrected chi connectivity index (χ3v) is 3.58. The lowest BCUT2D eigenvalue weighted by Crippen LogP contribution is -2.39. The van der Waals surface area contributed by atoms with Crippen LogP contribution in [0.4, 0.5) is 5.82 Å². The van der Waals surface area contributed by atoms with E-state index in [4.69, 9.17) is 0 Å². The zero-order valence-electron chi connectivity index (χ0n) is 12.4. The Morgan fingerprint density at radius 3 is 2.80 bits per heavy atom. The Hall–Kier alpha value is -1.62. The molecule has 5 nitrogen and oxygen atoms in total. The lowest BCUT2D eigenvalue weighted by atomic mass is 10.1. The molecule has 1 aromatic heterocycles. The van der Waals surface area contributed by atoms with Gasteiger partial charge in [0.05, 0.1) is 6.54 Å². The standard InChI is InChI=1S/C15H24N4O/c1-18(2)15-13(7-6-8-16-15)11-17-14(20)12-19-9-4-3-5-10-19/h6-8H,3-5,9-12H2,1-2H3,(H,17,20). The highest BCUT2D eigenvalue weighted by atomic mass is 16.2. The first kappa shape index (κ1) is 14.8. The molecule has 0 aromatic carbocycles. The molecule has 1 saturated heterocycles. The van der Waals surface area contributed by atoms with E-state index in [-0.39, 0.29) is 5.91 Å². The van der Waals surface area contributed by atoms with Crippen molar-refractivity contribution < 1.29 is 4.79 Å². The van der Waals surface area contributed by atoms with Gasteiger partial charge in [-0.1, -0.05) is 12.5 Å². The number of pyridine rings is 1. The normalized spacial score (nSPS) is 15.9. The molecule has 1 aliphatic heterocycles. The number of likely N-dealkylation sites (tertiary alicyclic amines) is 1. The fourth-order valence-corrected chi connectivity index (χ4v) is 2.54. The largest absolute Gasteiger partial charge is 0.362 e. The number of anilines is 1. The van der Waals surface area contributed by atoms with Gasteiger partial charge >= 0.3 is 0 Å². The van der Waals surface area contributed by atoms with Crippen molar-refractivity contribution in [1.29, 1.82) is 0 Å². The second-order valence-corrected chi connectivity index (χ2v) is 5.49. The summed E-state index contributed by atoms with van der Waals surface area (Å²) in [5.41, 5.74) is 1.05. The van der Waals surface area contributed by atoms with Gasteiger partial charge in [0.1, 0.15) is 5.82 Å². The molecular formula is C15H24N4O. The van der Waals surface area contributed by atoms with E-state index in [9.17, 15) is 4.79 Å². The van der Waals surface area contributed by atoms with E-state index in [1.807, 2.05) is 31.1 Å². The zero-order valence-corrected chi connectivity index (χ0v) is 12.4. The minimum absolute atomic E-state index is 0.0976. The maximum atomic E-state index is 12.0. The maximum absolute atomic E-state index is 12.0. The molecule has 0 bridgehead atoms. The fraction of sp³-hybridized carbons (Fsp3) is 0.600. The molecule has 0 saturated carbocycles. The van der Waals surface area contributed by atoms with Gasteiger partial charge in [-0.2, -0.15) is 0 Å². The first-order valence-electron chi connectivity index (χ1n) is 7.27. The molecule has 1 aromatic rings. The van der Waals surface area contributed by atoms with Crippen LogP contribution in [0.15, 0.2) is 18.3 Å². The minimum atomic E-state index is 0.0976. The van der Waals surface area contributed by atoms with Crippen LogP contribution in [-0.4, -0.2) is 49.5 Å². The number of carbonyl (C=O) groups excluding carboxylic acids is 1. The van der Waals surface area contributed by atoms with E-state index in [1.54, 1.807) is 6.20 Å². The van der Waals surface area contributed by atoms with Crippen LogP contribution in [0, 0.1) is 0 Å². The zero-order chi connectivity index (χ0) is 14.4. The Morgan fingerprint density at radius 2 is 2.10 bits per heavy atom. The van der Waals surface area contributed by atoms with Crippen molar-refractivity contribution in [2.24, 2.45) is 0 Å². The third kappa shape index (κ3) is 4.20. The summed E-state index contributed by atoms with van der Waals surface area (Å²) in [5, 5.41) is 2.99. The van der Waals surface area contributed by atoms with E-state index >= 15 is 0 Å². The van der Waals surface area contributed by atoms with Crippen molar-refractivity contribution in [2.75, 3.05) is 38.6 Å². The molecule has 1 fully saturated rings. The molecule has 0 spiro atoms. The van der Waals surface area contributed by atoms with Crippen molar-refractivity contribution in [2.45, 2.75) is 25.8 Å². The third-order valence-electron chi connectivity index (χ3n) is 3.58. The molecule has 20 heavy (non-hydrogen) atoms. The van der Waals surface area contributed by atoms with Gasteiger partial charge in [0.2, 0.25) is 5.91 Å². The summed E-state index contributed by atoms with van der Waals surface area (Å²) in [7, 11) is 3.92. The number of nitrogens with zero attached hydrogens (tertiary/aromatic N) is 3. The van der Waals surface area contributed by atoms with Gasteiger partial charge in [0.15, 0.2) is 0 Å². The van der Waals surface area contributed by atoms with E-state index in [0.29, 0.717) is 13.1 Å². The van der Waals surface area contributed by atoms with E-state index in [2.05, 4.69) is 15.2 Å². The molecule has 1 aliphatic rings. The summed E-state index contributed by atoms with van der Waals surface area (Å²) < 4.78 is 0. The van der Waals surface area contributed by atoms with E-state index in [0.717, 1.165) is 24.5 Å². The number of nitrogens with one attached hydrogen (secondary N) is 1. The SMILES string of the molecule is CN(C)c1ncccc1CNC(=O)CN1CCCCC1. The predicted molar refractivity (Wildman–Crippen MR) is 80.7 cm³/mol. The van der Waals surface area contributed by atoms with Gasteiger partial charge in [0.25, 0.3) is 0 Å². The van der Waals surface area contributed by atoms with Crippen LogP contribution in [0.2, 0.25) is 0 Å². The summed E-state index contributed by atoms with van der Waals surface area (Å²) in [6.45, 7) is 3.14. The van der Waals surface area contributed by atoms with Crippen LogP contribution >= 0.6 is 0 Å². The smallest absolute Gasteiger partial charge is 0.234 e. The Kier molecular flexibility index (Phi) is 5.35. The number of rotatable bonds is 5. The average Bonchev–Trinajstić information content (AvgIpc) is 2.46. The molecule has 2 rings (SSSR count). The van der Waals surface area contributed by atoms with Crippen LogP contribution in [-0.2, 0) is 11.3 Å². The first-order valence-corrected chi connectivity index (χ1v) is 7.27. The summed E-state index contributed by atoms with van der Waals surface area (Å²) in [6, 6.07) is 3.91. The number of piperidine rings is 1. The molecule has 0 aliphatic carbocycles. The minimum Gasteiger partial charge on any atom is -0.362 e. The summed E-state index contributed by atoms with van der Waals surface area (Å²) in [4.78, 5) is 20.5. The average molecular weight is 276 g/mol. The Bertz CT molecular complexity index is 441. The van der Waals surface area contributed by atoms with E-state index in [1.165, 1.54) is 19.3 Å². The van der Waals surface area contributed by atoms with Gasteiger partial charge in [-0.15, -0.1) is 0 Å². The van der Waals surface area contributed by atoms with Crippen LogP contribution in [0.1, 0.15) is 24.8 Å². The van der Waals surface area contributed by atoms with Crippen LogP contribution in [0.25, 0.3) is 0 Å². The number of hydrogen-bond donors (Lipinski definition) is 1. The number of amides is 1. The van der Waals surface area contributed by atoms with Crippen molar-refractivity contribution in [3.05, 3.63) is 23.9 Å². The van der Waals surface area contributed by atoms with Gasteiger partial charge in [0, 0.05) is 32.4 Å². The fourth-order valence-electron chi connectivity index (χ4n) is 2.54. The Balaban J connectivity index is 1.83. The van der Waals surface area contributed by atoms with Crippen LogP contribution in [0.5, 0.6) is 0 Å². The number of hydrogen-bond acceptors (Lipinski definition) is 4. The number of aromatic nitrogens is 1. The number of carbonyl (C=O) groups is 1.